The van der Waals surface area contributed by atoms with E-state index in [1.165, 1.54) is 9.80 Å². The number of amides is 2. The van der Waals surface area contributed by atoms with Crippen LogP contribution < -0.4 is 0 Å². The molecule has 2 rings (SSSR count). The van der Waals surface area contributed by atoms with Crippen molar-refractivity contribution in [2.24, 2.45) is 0 Å². The molecule has 2 atom stereocenters. The lowest BCUT2D eigenvalue weighted by atomic mass is 10.2. The average molecular weight is 313 g/mol. The number of aliphatic carboxylic acids is 1. The Morgan fingerprint density at radius 1 is 1.43 bits per heavy atom. The van der Waals surface area contributed by atoms with Gasteiger partial charge in [-0.25, -0.2) is 9.59 Å². The van der Waals surface area contributed by atoms with Crippen molar-refractivity contribution < 1.29 is 19.8 Å². The second-order valence-electron chi connectivity index (χ2n) is 5.13. The Kier molecular flexibility index (Phi) is 4.69. The molecular weight excluding hydrogens is 296 g/mol. The van der Waals surface area contributed by atoms with Crippen LogP contribution in [0.1, 0.15) is 12.0 Å². The molecule has 0 aliphatic carbocycles. The summed E-state index contributed by atoms with van der Waals surface area (Å²) < 4.78 is 0. The molecule has 1 aromatic carbocycles. The molecule has 21 heavy (non-hydrogen) atoms. The zero-order valence-electron chi connectivity index (χ0n) is 11.6. The van der Waals surface area contributed by atoms with E-state index in [4.69, 9.17) is 16.7 Å². The zero-order valence-corrected chi connectivity index (χ0v) is 12.3. The van der Waals surface area contributed by atoms with Crippen LogP contribution in [0.15, 0.2) is 24.3 Å². The van der Waals surface area contributed by atoms with E-state index in [0.717, 1.165) is 5.56 Å². The maximum atomic E-state index is 12.4. The number of likely N-dealkylation sites (tertiary alicyclic amines) is 1. The van der Waals surface area contributed by atoms with Gasteiger partial charge < -0.3 is 20.0 Å². The molecule has 0 aromatic heterocycles. The van der Waals surface area contributed by atoms with Gasteiger partial charge >= 0.3 is 12.0 Å². The Balaban J connectivity index is 2.08. The molecule has 0 saturated carbocycles. The summed E-state index contributed by atoms with van der Waals surface area (Å²) in [6, 6.07) is 5.73. The summed E-state index contributed by atoms with van der Waals surface area (Å²) in [6.45, 7) is 0.306. The maximum absolute atomic E-state index is 12.4. The lowest BCUT2D eigenvalue weighted by Crippen LogP contribution is -2.46. The van der Waals surface area contributed by atoms with Gasteiger partial charge in [-0.2, -0.15) is 0 Å². The fraction of sp³-hybridized carbons (Fsp3) is 0.429. The molecule has 2 N–H and O–H groups in total. The summed E-state index contributed by atoms with van der Waals surface area (Å²) >= 11 is 6.05. The number of benzene rings is 1. The quantitative estimate of drug-likeness (QED) is 0.884. The van der Waals surface area contributed by atoms with Gasteiger partial charge in [-0.05, 0) is 11.6 Å². The molecule has 2 unspecified atom stereocenters. The molecule has 2 amide bonds. The predicted octanol–water partition coefficient (Wildman–Crippen LogP) is 1.41. The molecule has 7 heteroatoms. The number of hydrogen-bond acceptors (Lipinski definition) is 3. The molecule has 1 aromatic rings. The molecule has 6 nitrogen and oxygen atoms in total. The van der Waals surface area contributed by atoms with E-state index >= 15 is 0 Å². The third kappa shape index (κ3) is 3.46. The number of nitrogens with zero attached hydrogens (tertiary/aromatic N) is 2. The molecule has 1 aliphatic heterocycles. The van der Waals surface area contributed by atoms with Crippen molar-refractivity contribution in [3.8, 4) is 0 Å². The molecule has 1 aliphatic rings. The van der Waals surface area contributed by atoms with Crippen LogP contribution in [-0.2, 0) is 11.3 Å². The zero-order chi connectivity index (χ0) is 15.6. The first-order chi connectivity index (χ1) is 9.90. The highest BCUT2D eigenvalue weighted by Crippen LogP contribution is 2.22. The molecule has 0 radical (unpaired) electrons. The second-order valence-corrected chi connectivity index (χ2v) is 5.53. The lowest BCUT2D eigenvalue weighted by Gasteiger charge is -2.27. The number of carboxylic acid groups (broad SMARTS) is 1. The summed E-state index contributed by atoms with van der Waals surface area (Å²) in [5.74, 6) is -1.11. The minimum absolute atomic E-state index is 0.0304. The van der Waals surface area contributed by atoms with Crippen LogP contribution in [0, 0.1) is 0 Å². The maximum Gasteiger partial charge on any atom is 0.326 e. The van der Waals surface area contributed by atoms with Crippen molar-refractivity contribution in [3.63, 3.8) is 0 Å². The van der Waals surface area contributed by atoms with Crippen molar-refractivity contribution in [2.45, 2.75) is 25.1 Å². The SMILES string of the molecule is CN(Cc1ccccc1Cl)C(=O)N1CC(O)CC1C(=O)O. The number of aliphatic hydroxyl groups excluding tert-OH is 1. The van der Waals surface area contributed by atoms with Crippen molar-refractivity contribution in [1.82, 2.24) is 9.80 Å². The fourth-order valence-corrected chi connectivity index (χ4v) is 2.62. The molecule has 114 valence electrons. The molecule has 0 bridgehead atoms. The highest BCUT2D eigenvalue weighted by Gasteiger charge is 2.40. The van der Waals surface area contributed by atoms with Crippen LogP contribution >= 0.6 is 11.6 Å². The molecule has 1 heterocycles. The van der Waals surface area contributed by atoms with Gasteiger partial charge in [0.25, 0.3) is 0 Å². The van der Waals surface area contributed by atoms with Crippen LogP contribution in [0.25, 0.3) is 0 Å². The van der Waals surface area contributed by atoms with E-state index in [9.17, 15) is 14.7 Å². The number of β-amino-alcohol motifs (C(OH)–C–C–N with tert-alkyl or cyclic N) is 1. The molecule has 0 spiro atoms. The van der Waals surface area contributed by atoms with Gasteiger partial charge in [-0.1, -0.05) is 29.8 Å². The highest BCUT2D eigenvalue weighted by atomic mass is 35.5. The fourth-order valence-electron chi connectivity index (χ4n) is 2.43. The van der Waals surface area contributed by atoms with E-state index in [1.807, 2.05) is 6.07 Å². The smallest absolute Gasteiger partial charge is 0.326 e. The average Bonchev–Trinajstić information content (AvgIpc) is 2.82. The van der Waals surface area contributed by atoms with Crippen molar-refractivity contribution in [1.29, 1.82) is 0 Å². The summed E-state index contributed by atoms with van der Waals surface area (Å²) in [6.07, 6.45) is -0.746. The number of aliphatic hydroxyl groups is 1. The standard InChI is InChI=1S/C14H17ClN2O4/c1-16(7-9-4-2-3-5-11(9)15)14(21)17-8-10(18)6-12(17)13(19)20/h2-5,10,12,18H,6-8H2,1H3,(H,19,20). The van der Waals surface area contributed by atoms with E-state index in [1.54, 1.807) is 25.2 Å². The van der Waals surface area contributed by atoms with Gasteiger partial charge in [-0.3, -0.25) is 0 Å². The number of urea groups is 1. The third-order valence-electron chi connectivity index (χ3n) is 3.50. The van der Waals surface area contributed by atoms with Gasteiger partial charge in [0.2, 0.25) is 0 Å². The number of halogens is 1. The minimum Gasteiger partial charge on any atom is -0.480 e. The Morgan fingerprint density at radius 3 is 2.71 bits per heavy atom. The summed E-state index contributed by atoms with van der Waals surface area (Å²) in [4.78, 5) is 26.1. The van der Waals surface area contributed by atoms with Gasteiger partial charge in [-0.15, -0.1) is 0 Å². The Morgan fingerprint density at radius 2 is 2.10 bits per heavy atom. The van der Waals surface area contributed by atoms with Crippen LogP contribution in [0.3, 0.4) is 0 Å². The van der Waals surface area contributed by atoms with Gasteiger partial charge in [0.1, 0.15) is 6.04 Å². The Labute approximate surface area is 127 Å². The van der Waals surface area contributed by atoms with Gasteiger partial charge in [0, 0.05) is 31.6 Å². The number of hydrogen-bond donors (Lipinski definition) is 2. The third-order valence-corrected chi connectivity index (χ3v) is 3.87. The largest absolute Gasteiger partial charge is 0.480 e. The summed E-state index contributed by atoms with van der Waals surface area (Å²) in [5.41, 5.74) is 0.779. The van der Waals surface area contributed by atoms with Crippen molar-refractivity contribution in [3.05, 3.63) is 34.9 Å². The minimum atomic E-state index is -1.11. The predicted molar refractivity (Wildman–Crippen MR) is 77.1 cm³/mol. The normalized spacial score (nSPS) is 21.4. The highest BCUT2D eigenvalue weighted by molar-refractivity contribution is 6.31. The Hall–Kier alpha value is -1.79. The van der Waals surface area contributed by atoms with E-state index in [2.05, 4.69) is 0 Å². The first-order valence-electron chi connectivity index (χ1n) is 6.56. The lowest BCUT2D eigenvalue weighted by molar-refractivity contribution is -0.141. The summed E-state index contributed by atoms with van der Waals surface area (Å²) in [7, 11) is 1.58. The van der Waals surface area contributed by atoms with E-state index in [-0.39, 0.29) is 19.5 Å². The van der Waals surface area contributed by atoms with Gasteiger partial charge in [0.15, 0.2) is 0 Å². The molecule has 1 saturated heterocycles. The Bertz CT molecular complexity index is 552. The number of carbonyl (C=O) groups is 2. The molecular formula is C14H17ClN2O4. The van der Waals surface area contributed by atoms with Crippen LogP contribution in [-0.4, -0.2) is 57.8 Å². The van der Waals surface area contributed by atoms with Crippen LogP contribution in [0.4, 0.5) is 4.79 Å². The number of rotatable bonds is 3. The van der Waals surface area contributed by atoms with Crippen LogP contribution in [0.2, 0.25) is 5.02 Å². The monoisotopic (exact) mass is 312 g/mol. The molecule has 1 fully saturated rings. The van der Waals surface area contributed by atoms with E-state index < -0.39 is 24.1 Å². The van der Waals surface area contributed by atoms with Crippen molar-refractivity contribution >= 4 is 23.6 Å². The van der Waals surface area contributed by atoms with E-state index in [0.29, 0.717) is 5.02 Å². The number of carboxylic acids is 1. The van der Waals surface area contributed by atoms with Gasteiger partial charge in [0.05, 0.1) is 6.10 Å². The van der Waals surface area contributed by atoms with Crippen molar-refractivity contribution in [2.75, 3.05) is 13.6 Å². The first-order valence-corrected chi connectivity index (χ1v) is 6.94. The van der Waals surface area contributed by atoms with Crippen LogP contribution in [0.5, 0.6) is 0 Å². The summed E-state index contributed by atoms with van der Waals surface area (Å²) in [5, 5.41) is 19.3. The number of carbonyl (C=O) groups excluding carboxylic acids is 1. The second kappa shape index (κ2) is 6.32. The topological polar surface area (TPSA) is 81.1 Å². The first kappa shape index (κ1) is 15.6.